The van der Waals surface area contributed by atoms with Gasteiger partial charge >= 0.3 is 5.97 Å². The summed E-state index contributed by atoms with van der Waals surface area (Å²) in [5.41, 5.74) is 1.47. The maximum Gasteiger partial charge on any atom is 0.326 e. The van der Waals surface area contributed by atoms with Gasteiger partial charge in [-0.3, -0.25) is 0 Å². The molecule has 1 atom stereocenters. The Kier molecular flexibility index (Phi) is 3.21. The van der Waals surface area contributed by atoms with Gasteiger partial charge in [0.25, 0.3) is 0 Å². The number of anilines is 1. The lowest BCUT2D eigenvalue weighted by Crippen LogP contribution is -2.26. The Labute approximate surface area is 121 Å². The molecule has 0 saturated carbocycles. The molecular weight excluding hydrogens is 274 g/mol. The summed E-state index contributed by atoms with van der Waals surface area (Å²) in [6.07, 6.45) is 0.330. The van der Waals surface area contributed by atoms with Gasteiger partial charge in [0.05, 0.1) is 25.5 Å². The Morgan fingerprint density at radius 3 is 2.76 bits per heavy atom. The topological polar surface area (TPSA) is 80.9 Å². The van der Waals surface area contributed by atoms with Crippen molar-refractivity contribution in [2.75, 3.05) is 19.5 Å². The molecule has 2 N–H and O–H groups in total. The molecular formula is C15H15NO5. The maximum atomic E-state index is 11.0. The van der Waals surface area contributed by atoms with Crippen LogP contribution < -0.4 is 14.8 Å². The standard InChI is InChI=1S/C15H15NO5/c1-19-8-3-4-12(20-2)9(5-8)13-6-10-14(21-13)7-11(16-10)15(17)18/h3-6,11,16H,7H2,1-2H3,(H,17,18). The van der Waals surface area contributed by atoms with Crippen LogP contribution in [0, 0.1) is 0 Å². The van der Waals surface area contributed by atoms with Crippen molar-refractivity contribution in [3.8, 4) is 22.8 Å². The molecule has 1 aromatic heterocycles. The van der Waals surface area contributed by atoms with Crippen molar-refractivity contribution in [3.63, 3.8) is 0 Å². The number of aliphatic carboxylic acids is 1. The lowest BCUT2D eigenvalue weighted by molar-refractivity contribution is -0.137. The third kappa shape index (κ3) is 2.29. The molecule has 110 valence electrons. The van der Waals surface area contributed by atoms with Gasteiger partial charge < -0.3 is 24.3 Å². The molecule has 0 aliphatic carbocycles. The third-order valence-electron chi connectivity index (χ3n) is 3.50. The first-order valence-electron chi connectivity index (χ1n) is 6.47. The van der Waals surface area contributed by atoms with Crippen LogP contribution in [0.5, 0.6) is 11.5 Å². The number of benzene rings is 1. The summed E-state index contributed by atoms with van der Waals surface area (Å²) in [4.78, 5) is 11.0. The fourth-order valence-corrected chi connectivity index (χ4v) is 2.42. The summed E-state index contributed by atoms with van der Waals surface area (Å²) in [7, 11) is 3.17. The molecule has 0 amide bonds. The third-order valence-corrected chi connectivity index (χ3v) is 3.50. The second-order valence-corrected chi connectivity index (χ2v) is 4.75. The summed E-state index contributed by atoms with van der Waals surface area (Å²) >= 11 is 0. The van der Waals surface area contributed by atoms with E-state index >= 15 is 0 Å². The number of carboxylic acids is 1. The summed E-state index contributed by atoms with van der Waals surface area (Å²) in [5.74, 6) is 1.73. The van der Waals surface area contributed by atoms with Crippen LogP contribution in [0.2, 0.25) is 0 Å². The monoisotopic (exact) mass is 289 g/mol. The molecule has 0 bridgehead atoms. The van der Waals surface area contributed by atoms with E-state index in [9.17, 15) is 4.79 Å². The molecule has 0 fully saturated rings. The number of rotatable bonds is 4. The zero-order chi connectivity index (χ0) is 15.0. The lowest BCUT2D eigenvalue weighted by atomic mass is 10.1. The van der Waals surface area contributed by atoms with E-state index in [1.54, 1.807) is 32.4 Å². The first kappa shape index (κ1) is 13.4. The minimum Gasteiger partial charge on any atom is -0.497 e. The Morgan fingerprint density at radius 2 is 2.14 bits per heavy atom. The SMILES string of the molecule is COc1ccc(OC)c(-c2cc3c(o2)CC(C(=O)O)N3)c1. The van der Waals surface area contributed by atoms with Crippen molar-refractivity contribution in [2.45, 2.75) is 12.5 Å². The first-order valence-corrected chi connectivity index (χ1v) is 6.47. The van der Waals surface area contributed by atoms with E-state index in [-0.39, 0.29) is 0 Å². The van der Waals surface area contributed by atoms with Crippen molar-refractivity contribution < 1.29 is 23.8 Å². The Balaban J connectivity index is 1.97. The van der Waals surface area contributed by atoms with Gasteiger partial charge in [-0.25, -0.2) is 4.79 Å². The van der Waals surface area contributed by atoms with E-state index < -0.39 is 12.0 Å². The zero-order valence-electron chi connectivity index (χ0n) is 11.7. The second kappa shape index (κ2) is 5.05. The van der Waals surface area contributed by atoms with Crippen LogP contribution in [-0.4, -0.2) is 31.3 Å². The summed E-state index contributed by atoms with van der Waals surface area (Å²) < 4.78 is 16.3. The van der Waals surface area contributed by atoms with Gasteiger partial charge in [0.1, 0.15) is 29.1 Å². The molecule has 1 aromatic carbocycles. The Morgan fingerprint density at radius 1 is 1.33 bits per heavy atom. The quantitative estimate of drug-likeness (QED) is 0.899. The van der Waals surface area contributed by atoms with Crippen molar-refractivity contribution >= 4 is 11.7 Å². The number of furan rings is 1. The molecule has 0 spiro atoms. The van der Waals surface area contributed by atoms with Gasteiger partial charge in [0.2, 0.25) is 0 Å². The van der Waals surface area contributed by atoms with Crippen molar-refractivity contribution in [1.29, 1.82) is 0 Å². The van der Waals surface area contributed by atoms with Crippen LogP contribution in [0.25, 0.3) is 11.3 Å². The molecule has 1 unspecified atom stereocenters. The predicted octanol–water partition coefficient (Wildman–Crippen LogP) is 2.38. The number of carbonyl (C=O) groups is 1. The van der Waals surface area contributed by atoms with E-state index in [1.165, 1.54) is 0 Å². The highest BCUT2D eigenvalue weighted by molar-refractivity contribution is 5.82. The predicted molar refractivity (Wildman–Crippen MR) is 76.0 cm³/mol. The molecule has 0 saturated heterocycles. The number of hydrogen-bond donors (Lipinski definition) is 2. The Bertz CT molecular complexity index is 668. The molecule has 21 heavy (non-hydrogen) atoms. The summed E-state index contributed by atoms with van der Waals surface area (Å²) in [5, 5.41) is 11.9. The summed E-state index contributed by atoms with van der Waals surface area (Å²) in [6, 6.07) is 6.59. The van der Waals surface area contributed by atoms with E-state index in [0.29, 0.717) is 35.1 Å². The van der Waals surface area contributed by atoms with E-state index in [4.69, 9.17) is 19.0 Å². The molecule has 6 heteroatoms. The highest BCUT2D eigenvalue weighted by Crippen LogP contribution is 2.39. The largest absolute Gasteiger partial charge is 0.497 e. The fraction of sp³-hybridized carbons (Fsp3) is 0.267. The lowest BCUT2D eigenvalue weighted by Gasteiger charge is -2.09. The number of ether oxygens (including phenoxy) is 2. The number of carboxylic acid groups (broad SMARTS) is 1. The minimum absolute atomic E-state index is 0.330. The molecule has 2 heterocycles. The zero-order valence-corrected chi connectivity index (χ0v) is 11.7. The molecule has 0 radical (unpaired) electrons. The Hall–Kier alpha value is -2.63. The first-order chi connectivity index (χ1) is 10.1. The average Bonchev–Trinajstić information content (AvgIpc) is 3.05. The van der Waals surface area contributed by atoms with E-state index in [0.717, 1.165) is 5.56 Å². The van der Waals surface area contributed by atoms with Gasteiger partial charge in [0.15, 0.2) is 0 Å². The van der Waals surface area contributed by atoms with Gasteiger partial charge in [-0.05, 0) is 18.2 Å². The molecule has 6 nitrogen and oxygen atoms in total. The smallest absolute Gasteiger partial charge is 0.326 e. The fourth-order valence-electron chi connectivity index (χ4n) is 2.42. The number of fused-ring (bicyclic) bond motifs is 1. The molecule has 2 aromatic rings. The normalized spacial score (nSPS) is 16.2. The van der Waals surface area contributed by atoms with Crippen LogP contribution in [-0.2, 0) is 11.2 Å². The van der Waals surface area contributed by atoms with Crippen molar-refractivity contribution in [2.24, 2.45) is 0 Å². The van der Waals surface area contributed by atoms with Gasteiger partial charge in [-0.1, -0.05) is 0 Å². The van der Waals surface area contributed by atoms with Crippen LogP contribution in [0.15, 0.2) is 28.7 Å². The van der Waals surface area contributed by atoms with Crippen LogP contribution in [0.4, 0.5) is 5.69 Å². The van der Waals surface area contributed by atoms with Crippen LogP contribution in [0.1, 0.15) is 5.76 Å². The van der Waals surface area contributed by atoms with Gasteiger partial charge in [-0.15, -0.1) is 0 Å². The summed E-state index contributed by atoms with van der Waals surface area (Å²) in [6.45, 7) is 0. The number of methoxy groups -OCH3 is 2. The van der Waals surface area contributed by atoms with E-state index in [1.807, 2.05) is 6.07 Å². The van der Waals surface area contributed by atoms with Gasteiger partial charge in [0, 0.05) is 12.5 Å². The maximum absolute atomic E-state index is 11.0. The van der Waals surface area contributed by atoms with Crippen LogP contribution >= 0.6 is 0 Å². The van der Waals surface area contributed by atoms with Crippen LogP contribution in [0.3, 0.4) is 0 Å². The number of nitrogens with one attached hydrogen (secondary N) is 1. The highest BCUT2D eigenvalue weighted by atomic mass is 16.5. The molecule has 1 aliphatic heterocycles. The van der Waals surface area contributed by atoms with Crippen molar-refractivity contribution in [1.82, 2.24) is 0 Å². The van der Waals surface area contributed by atoms with Crippen molar-refractivity contribution in [3.05, 3.63) is 30.0 Å². The highest BCUT2D eigenvalue weighted by Gasteiger charge is 2.30. The van der Waals surface area contributed by atoms with Gasteiger partial charge in [-0.2, -0.15) is 0 Å². The minimum atomic E-state index is -0.887. The molecule has 3 rings (SSSR count). The number of hydrogen-bond acceptors (Lipinski definition) is 5. The molecule has 1 aliphatic rings. The van der Waals surface area contributed by atoms with E-state index in [2.05, 4.69) is 5.32 Å². The second-order valence-electron chi connectivity index (χ2n) is 4.75. The average molecular weight is 289 g/mol.